The number of hydrogen-bond acceptors (Lipinski definition) is 4. The van der Waals surface area contributed by atoms with Crippen LogP contribution in [0.5, 0.6) is 0 Å². The fraction of sp³-hybridized carbons (Fsp3) is 0.474. The summed E-state index contributed by atoms with van der Waals surface area (Å²) in [6, 6.07) is 3.90. The molecule has 0 amide bonds. The first-order valence-corrected chi connectivity index (χ1v) is 9.02. The molecule has 27 heavy (non-hydrogen) atoms. The van der Waals surface area contributed by atoms with Crippen LogP contribution in [0.15, 0.2) is 23.1 Å². The van der Waals surface area contributed by atoms with E-state index in [1.165, 1.54) is 12.3 Å². The molecule has 2 atom stereocenters. The Labute approximate surface area is 161 Å². The van der Waals surface area contributed by atoms with Crippen LogP contribution in [0, 0.1) is 5.82 Å². The first-order valence-electron chi connectivity index (χ1n) is 9.02. The number of likely N-dealkylation sites (tertiary alicyclic amines) is 1. The summed E-state index contributed by atoms with van der Waals surface area (Å²) in [5.74, 6) is -1.72. The maximum absolute atomic E-state index is 14.9. The summed E-state index contributed by atoms with van der Waals surface area (Å²) in [6.45, 7) is 1.69. The van der Waals surface area contributed by atoms with E-state index in [4.69, 9.17) is 0 Å². The molecule has 1 N–H and O–H groups in total. The Morgan fingerprint density at radius 2 is 1.93 bits per heavy atom. The second kappa shape index (κ2) is 6.21. The van der Waals surface area contributed by atoms with Gasteiger partial charge in [0.25, 0.3) is 0 Å². The molecule has 3 fully saturated rings. The molecule has 2 aliphatic heterocycles. The van der Waals surface area contributed by atoms with Crippen LogP contribution in [0.2, 0.25) is 0 Å². The molecular weight excluding hydrogens is 373 g/mol. The van der Waals surface area contributed by atoms with E-state index in [0.29, 0.717) is 17.2 Å². The molecule has 1 aliphatic carbocycles. The van der Waals surface area contributed by atoms with Gasteiger partial charge in [-0.1, -0.05) is 0 Å². The molecule has 144 valence electrons. The maximum atomic E-state index is 14.9. The average Bonchev–Trinajstić information content (AvgIpc) is 3.26. The molecule has 6 nitrogen and oxygen atoms in total. The fourth-order valence-corrected chi connectivity index (χ4v) is 4.55. The van der Waals surface area contributed by atoms with Crippen LogP contribution < -0.4 is 10.3 Å². The SMILES string of the molecule is CN1C[C@@H]2C[C@H]1CN2c1cc2c(cc1F)c(=O)c(C(=O)O)cn2C1CC1.Cl. The van der Waals surface area contributed by atoms with Crippen molar-refractivity contribution in [3.8, 4) is 0 Å². The monoisotopic (exact) mass is 393 g/mol. The third kappa shape index (κ3) is 2.72. The number of carboxylic acid groups (broad SMARTS) is 1. The van der Waals surface area contributed by atoms with Crippen LogP contribution in [0.25, 0.3) is 10.9 Å². The largest absolute Gasteiger partial charge is 0.477 e. The summed E-state index contributed by atoms with van der Waals surface area (Å²) in [7, 11) is 2.09. The highest BCUT2D eigenvalue weighted by molar-refractivity contribution is 5.93. The number of piperazine rings is 1. The summed E-state index contributed by atoms with van der Waals surface area (Å²) in [5, 5.41) is 9.48. The minimum atomic E-state index is -1.27. The Balaban J connectivity index is 0.00000180. The Morgan fingerprint density at radius 1 is 1.19 bits per heavy atom. The fourth-order valence-electron chi connectivity index (χ4n) is 4.55. The molecule has 2 saturated heterocycles. The van der Waals surface area contributed by atoms with E-state index in [9.17, 15) is 19.1 Å². The second-order valence-corrected chi connectivity index (χ2v) is 7.77. The van der Waals surface area contributed by atoms with Crippen molar-refractivity contribution in [3.05, 3.63) is 39.9 Å². The summed E-state index contributed by atoms with van der Waals surface area (Å²) < 4.78 is 16.8. The number of likely N-dealkylation sites (N-methyl/N-ethyl adjacent to an activating group) is 1. The standard InChI is InChI=1S/C19H20FN3O3.ClH/c1-21-7-12-4-11(21)8-22(12)17-6-16-13(5-15(17)20)18(24)14(19(25)26)9-23(16)10-2-3-10;/h5-6,9-12H,2-4,7-8H2,1H3,(H,25,26);1H/t11-,12-;/m0./s1. The van der Waals surface area contributed by atoms with Crippen molar-refractivity contribution in [1.29, 1.82) is 0 Å². The minimum Gasteiger partial charge on any atom is -0.477 e. The third-order valence-corrected chi connectivity index (χ3v) is 6.10. The van der Waals surface area contributed by atoms with Gasteiger partial charge in [0.2, 0.25) is 5.43 Å². The molecule has 0 radical (unpaired) electrons. The van der Waals surface area contributed by atoms with Crippen molar-refractivity contribution in [3.63, 3.8) is 0 Å². The number of halogens is 2. The maximum Gasteiger partial charge on any atom is 0.341 e. The Hall–Kier alpha value is -2.12. The molecule has 3 heterocycles. The highest BCUT2D eigenvalue weighted by Gasteiger charge is 2.42. The smallest absolute Gasteiger partial charge is 0.341 e. The predicted molar refractivity (Wildman–Crippen MR) is 103 cm³/mol. The van der Waals surface area contributed by atoms with Crippen molar-refractivity contribution in [2.75, 3.05) is 25.0 Å². The lowest BCUT2D eigenvalue weighted by atomic mass is 10.1. The van der Waals surface area contributed by atoms with Crippen molar-refractivity contribution >= 4 is 35.0 Å². The molecule has 1 aromatic carbocycles. The molecule has 1 aromatic heterocycles. The molecule has 2 aromatic rings. The normalized spacial score (nSPS) is 24.4. The Bertz CT molecular complexity index is 1000. The number of aromatic carboxylic acids is 1. The van der Waals surface area contributed by atoms with Crippen LogP contribution in [0.1, 0.15) is 35.7 Å². The molecule has 0 unspecified atom stereocenters. The van der Waals surface area contributed by atoms with Crippen LogP contribution >= 0.6 is 12.4 Å². The van der Waals surface area contributed by atoms with Gasteiger partial charge >= 0.3 is 5.97 Å². The number of carbonyl (C=O) groups is 1. The molecule has 1 saturated carbocycles. The van der Waals surface area contributed by atoms with Crippen LogP contribution in [0.3, 0.4) is 0 Å². The number of pyridine rings is 1. The van der Waals surface area contributed by atoms with Gasteiger partial charge in [0.15, 0.2) is 0 Å². The first kappa shape index (κ1) is 18.3. The van der Waals surface area contributed by atoms with Crippen molar-refractivity contribution in [2.45, 2.75) is 37.4 Å². The number of hydrogen-bond donors (Lipinski definition) is 1. The van der Waals surface area contributed by atoms with E-state index in [2.05, 4.69) is 16.8 Å². The van der Waals surface area contributed by atoms with Crippen molar-refractivity contribution in [1.82, 2.24) is 9.47 Å². The zero-order valence-corrected chi connectivity index (χ0v) is 15.7. The van der Waals surface area contributed by atoms with Gasteiger partial charge in [0.05, 0.1) is 11.2 Å². The van der Waals surface area contributed by atoms with Gasteiger partial charge in [0.1, 0.15) is 11.4 Å². The average molecular weight is 394 g/mol. The summed E-state index contributed by atoms with van der Waals surface area (Å²) >= 11 is 0. The molecular formula is C19H21ClFN3O3. The van der Waals surface area contributed by atoms with Crippen molar-refractivity contribution in [2.24, 2.45) is 0 Å². The lowest BCUT2D eigenvalue weighted by molar-refractivity contribution is 0.0695. The van der Waals surface area contributed by atoms with Gasteiger partial charge in [-0.05, 0) is 38.4 Å². The van der Waals surface area contributed by atoms with Gasteiger partial charge in [-0.15, -0.1) is 12.4 Å². The molecule has 3 aliphatic rings. The Kier molecular flexibility index (Phi) is 4.20. The van der Waals surface area contributed by atoms with E-state index in [1.807, 2.05) is 4.57 Å². The molecule has 5 rings (SSSR count). The highest BCUT2D eigenvalue weighted by atomic mass is 35.5. The lowest BCUT2D eigenvalue weighted by Crippen LogP contribution is -2.44. The van der Waals surface area contributed by atoms with E-state index in [-0.39, 0.29) is 35.4 Å². The van der Waals surface area contributed by atoms with Crippen LogP contribution in [-0.2, 0) is 0 Å². The first-order chi connectivity index (χ1) is 12.4. The zero-order chi connectivity index (χ0) is 18.2. The third-order valence-electron chi connectivity index (χ3n) is 6.10. The zero-order valence-electron chi connectivity index (χ0n) is 14.9. The number of carboxylic acids is 1. The van der Waals surface area contributed by atoms with Gasteiger partial charge in [-0.25, -0.2) is 9.18 Å². The summed E-state index contributed by atoms with van der Waals surface area (Å²) in [6.07, 6.45) is 4.35. The van der Waals surface area contributed by atoms with E-state index in [1.54, 1.807) is 6.07 Å². The molecule has 0 spiro atoms. The van der Waals surface area contributed by atoms with Gasteiger partial charge in [-0.2, -0.15) is 0 Å². The van der Waals surface area contributed by atoms with E-state index >= 15 is 0 Å². The number of anilines is 1. The van der Waals surface area contributed by atoms with E-state index < -0.39 is 17.2 Å². The van der Waals surface area contributed by atoms with Gasteiger partial charge in [0, 0.05) is 42.8 Å². The lowest BCUT2D eigenvalue weighted by Gasteiger charge is -2.34. The predicted octanol–water partition coefficient (Wildman–Crippen LogP) is 2.49. The van der Waals surface area contributed by atoms with Crippen LogP contribution in [-0.4, -0.2) is 52.8 Å². The quantitative estimate of drug-likeness (QED) is 0.867. The minimum absolute atomic E-state index is 0. The van der Waals surface area contributed by atoms with E-state index in [0.717, 1.165) is 32.4 Å². The molecule has 2 bridgehead atoms. The van der Waals surface area contributed by atoms with Crippen molar-refractivity contribution < 1.29 is 14.3 Å². The van der Waals surface area contributed by atoms with Gasteiger partial charge in [-0.3, -0.25) is 9.69 Å². The number of rotatable bonds is 3. The number of benzene rings is 1. The van der Waals surface area contributed by atoms with Gasteiger partial charge < -0.3 is 14.6 Å². The Morgan fingerprint density at radius 3 is 2.48 bits per heavy atom. The summed E-state index contributed by atoms with van der Waals surface area (Å²) in [4.78, 5) is 28.4. The highest BCUT2D eigenvalue weighted by Crippen LogP contribution is 2.40. The number of aromatic nitrogens is 1. The summed E-state index contributed by atoms with van der Waals surface area (Å²) in [5.41, 5.74) is 0.251. The van der Waals surface area contributed by atoms with Crippen LogP contribution in [0.4, 0.5) is 10.1 Å². The number of nitrogens with zero attached hydrogens (tertiary/aromatic N) is 3. The topological polar surface area (TPSA) is 65.8 Å². The molecule has 8 heteroatoms. The number of fused-ring (bicyclic) bond motifs is 3. The second-order valence-electron chi connectivity index (χ2n) is 7.77.